The first-order chi connectivity index (χ1) is 20.8. The minimum absolute atomic E-state index is 0.0573. The maximum Gasteiger partial charge on any atom is 0.283 e. The summed E-state index contributed by atoms with van der Waals surface area (Å²) in [6.45, 7) is 0. The van der Waals surface area contributed by atoms with Crippen LogP contribution in [0.1, 0.15) is 10.4 Å². The van der Waals surface area contributed by atoms with Crippen LogP contribution in [0.15, 0.2) is 106 Å². The summed E-state index contributed by atoms with van der Waals surface area (Å²) in [5, 5.41) is 5.91. The Kier molecular flexibility index (Phi) is 8.63. The molecule has 43 heavy (non-hydrogen) atoms. The third-order valence-corrected chi connectivity index (χ3v) is 7.52. The van der Waals surface area contributed by atoms with Crippen LogP contribution in [0.25, 0.3) is 0 Å². The average Bonchev–Trinajstić information content (AvgIpc) is 3.25. The molecule has 0 radical (unpaired) electrons. The van der Waals surface area contributed by atoms with E-state index in [4.69, 9.17) is 14.2 Å². The molecule has 4 aromatic carbocycles. The molecule has 5 rings (SSSR count). The first kappa shape index (κ1) is 29.2. The van der Waals surface area contributed by atoms with E-state index >= 15 is 0 Å². The molecule has 0 saturated heterocycles. The molecule has 1 aliphatic heterocycles. The molecule has 3 amide bonds. The predicted molar refractivity (Wildman–Crippen MR) is 162 cm³/mol. The molecule has 0 atom stereocenters. The summed E-state index contributed by atoms with van der Waals surface area (Å²) in [5.41, 5.74) is 1.62. The van der Waals surface area contributed by atoms with Crippen LogP contribution < -0.4 is 29.7 Å². The number of nitrogens with zero attached hydrogens (tertiary/aromatic N) is 1. The molecule has 2 N–H and O–H groups in total. The second-order valence-electron chi connectivity index (χ2n) is 9.13. The number of halogens is 1. The fourth-order valence-electron chi connectivity index (χ4n) is 4.30. The highest BCUT2D eigenvalue weighted by molar-refractivity contribution is 8.04. The first-order valence-electron chi connectivity index (χ1n) is 12.9. The second kappa shape index (κ2) is 12.7. The van der Waals surface area contributed by atoms with Crippen molar-refractivity contribution < 1.29 is 33.0 Å². The number of hydrogen-bond donors (Lipinski definition) is 2. The molecule has 0 unspecified atom stereocenters. The Morgan fingerprint density at radius 1 is 0.767 bits per heavy atom. The molecule has 0 spiro atoms. The zero-order chi connectivity index (χ0) is 30.5. The third kappa shape index (κ3) is 6.31. The van der Waals surface area contributed by atoms with Crippen LogP contribution >= 0.6 is 11.8 Å². The molecule has 0 aliphatic carbocycles. The lowest BCUT2D eigenvalue weighted by Crippen LogP contribution is -2.32. The average molecular weight is 600 g/mol. The highest BCUT2D eigenvalue weighted by Gasteiger charge is 2.40. The zero-order valence-electron chi connectivity index (χ0n) is 23.3. The summed E-state index contributed by atoms with van der Waals surface area (Å²) >= 11 is 1.06. The van der Waals surface area contributed by atoms with Gasteiger partial charge in [0.2, 0.25) is 0 Å². The number of carbonyl (C=O) groups is 3. The fraction of sp³-hybridized carbons (Fsp3) is 0.0938. The number of carbonyl (C=O) groups excluding carboxylic acids is 3. The van der Waals surface area contributed by atoms with Crippen LogP contribution in [-0.2, 0) is 9.59 Å². The number of anilines is 3. The van der Waals surface area contributed by atoms with Gasteiger partial charge in [-0.05, 0) is 78.9 Å². The van der Waals surface area contributed by atoms with Crippen molar-refractivity contribution in [2.45, 2.75) is 4.90 Å². The zero-order valence-corrected chi connectivity index (χ0v) is 24.2. The molecule has 9 nitrogen and oxygen atoms in total. The Balaban J connectivity index is 1.44. The maximum atomic E-state index is 13.7. The normalized spacial score (nSPS) is 12.8. The van der Waals surface area contributed by atoms with Crippen molar-refractivity contribution in [2.75, 3.05) is 36.9 Å². The van der Waals surface area contributed by atoms with Crippen molar-refractivity contribution in [2.24, 2.45) is 0 Å². The van der Waals surface area contributed by atoms with Gasteiger partial charge in [-0.15, -0.1) is 0 Å². The molecule has 0 saturated carbocycles. The molecule has 218 valence electrons. The quantitative estimate of drug-likeness (QED) is 0.211. The summed E-state index contributed by atoms with van der Waals surface area (Å²) in [5.74, 6) is -0.546. The highest BCUT2D eigenvalue weighted by Crippen LogP contribution is 2.39. The minimum atomic E-state index is -0.592. The van der Waals surface area contributed by atoms with Crippen LogP contribution in [0.5, 0.6) is 17.2 Å². The maximum absolute atomic E-state index is 13.7. The number of benzene rings is 4. The number of amides is 3. The number of nitrogens with one attached hydrogen (secondary N) is 2. The van der Waals surface area contributed by atoms with E-state index in [1.165, 1.54) is 38.5 Å². The summed E-state index contributed by atoms with van der Waals surface area (Å²) in [6, 6.07) is 23.7. The fourth-order valence-corrected chi connectivity index (χ4v) is 5.28. The van der Waals surface area contributed by atoms with Gasteiger partial charge in [-0.2, -0.15) is 0 Å². The summed E-state index contributed by atoms with van der Waals surface area (Å²) in [7, 11) is 4.53. The molecule has 11 heteroatoms. The predicted octanol–water partition coefficient (Wildman–Crippen LogP) is 6.09. The Bertz CT molecular complexity index is 1720. The van der Waals surface area contributed by atoms with Crippen molar-refractivity contribution in [3.8, 4) is 17.2 Å². The molecule has 0 fully saturated rings. The van der Waals surface area contributed by atoms with Crippen molar-refractivity contribution in [1.29, 1.82) is 0 Å². The van der Waals surface area contributed by atoms with Crippen LogP contribution in [-0.4, -0.2) is 39.1 Å². The number of imide groups is 1. The number of rotatable bonds is 10. The number of methoxy groups -OCH3 is 3. The lowest BCUT2D eigenvalue weighted by molar-refractivity contribution is -0.120. The standard InChI is InChI=1S/C32H26FN3O6S/c1-40-23-13-9-20(10-14-23)34-28-29(32(39)36(31(28)38)22-11-7-19(33)8-12-22)43-25-6-4-5-21(17-25)35-30(37)26-16-15-24(41-2)18-27(26)42-3/h4-18,34H,1-3H3,(H,35,37). The van der Waals surface area contributed by atoms with Gasteiger partial charge in [-0.25, -0.2) is 9.29 Å². The Morgan fingerprint density at radius 2 is 1.47 bits per heavy atom. The smallest absolute Gasteiger partial charge is 0.283 e. The van der Waals surface area contributed by atoms with E-state index in [1.54, 1.807) is 73.8 Å². The lowest BCUT2D eigenvalue weighted by Gasteiger charge is -2.15. The summed E-state index contributed by atoms with van der Waals surface area (Å²) in [4.78, 5) is 42.0. The second-order valence-corrected chi connectivity index (χ2v) is 10.2. The van der Waals surface area contributed by atoms with Gasteiger partial charge in [0.25, 0.3) is 17.7 Å². The SMILES string of the molecule is COc1ccc(NC2=C(Sc3cccc(NC(=O)c4ccc(OC)cc4OC)c3)C(=O)N(c3ccc(F)cc3)C2=O)cc1. The van der Waals surface area contributed by atoms with Gasteiger partial charge < -0.3 is 24.8 Å². The Hall–Kier alpha value is -5.29. The van der Waals surface area contributed by atoms with E-state index in [0.29, 0.717) is 39.1 Å². The highest BCUT2D eigenvalue weighted by atomic mass is 32.2. The van der Waals surface area contributed by atoms with E-state index in [-0.39, 0.29) is 16.3 Å². The first-order valence-corrected chi connectivity index (χ1v) is 13.7. The Labute approximate surface area is 251 Å². The van der Waals surface area contributed by atoms with Crippen molar-refractivity contribution >= 4 is 46.5 Å². The topological polar surface area (TPSA) is 106 Å². The molecule has 4 aromatic rings. The van der Waals surface area contributed by atoms with E-state index in [9.17, 15) is 18.8 Å². The summed E-state index contributed by atoms with van der Waals surface area (Å²) < 4.78 is 29.4. The van der Waals surface area contributed by atoms with Crippen LogP contribution in [0, 0.1) is 5.82 Å². The minimum Gasteiger partial charge on any atom is -0.497 e. The third-order valence-electron chi connectivity index (χ3n) is 6.45. The van der Waals surface area contributed by atoms with Crippen molar-refractivity contribution in [3.05, 3.63) is 113 Å². The molecule has 0 bridgehead atoms. The molecule has 0 aromatic heterocycles. The lowest BCUT2D eigenvalue weighted by atomic mass is 10.1. The van der Waals surface area contributed by atoms with Gasteiger partial charge in [0.1, 0.15) is 33.7 Å². The monoisotopic (exact) mass is 599 g/mol. The van der Waals surface area contributed by atoms with Gasteiger partial charge in [0.05, 0.1) is 32.6 Å². The van der Waals surface area contributed by atoms with E-state index in [2.05, 4.69) is 10.6 Å². The van der Waals surface area contributed by atoms with E-state index in [0.717, 1.165) is 16.7 Å². The van der Waals surface area contributed by atoms with Crippen molar-refractivity contribution in [1.82, 2.24) is 0 Å². The number of ether oxygens (including phenoxy) is 3. The Morgan fingerprint density at radius 3 is 2.14 bits per heavy atom. The molecule has 1 heterocycles. The number of thioether (sulfide) groups is 1. The van der Waals surface area contributed by atoms with E-state index in [1.807, 2.05) is 0 Å². The van der Waals surface area contributed by atoms with Gasteiger partial charge in [-0.3, -0.25) is 14.4 Å². The summed E-state index contributed by atoms with van der Waals surface area (Å²) in [6.07, 6.45) is 0. The van der Waals surface area contributed by atoms with Crippen LogP contribution in [0.4, 0.5) is 21.5 Å². The van der Waals surface area contributed by atoms with Crippen LogP contribution in [0.2, 0.25) is 0 Å². The van der Waals surface area contributed by atoms with Gasteiger partial charge in [0.15, 0.2) is 0 Å². The molecular formula is C32H26FN3O6S. The van der Waals surface area contributed by atoms with Crippen LogP contribution in [0.3, 0.4) is 0 Å². The molecule has 1 aliphatic rings. The van der Waals surface area contributed by atoms with Gasteiger partial charge in [-0.1, -0.05) is 17.8 Å². The van der Waals surface area contributed by atoms with Crippen molar-refractivity contribution in [3.63, 3.8) is 0 Å². The van der Waals surface area contributed by atoms with E-state index < -0.39 is 23.5 Å². The number of hydrogen-bond acceptors (Lipinski definition) is 8. The van der Waals surface area contributed by atoms with Gasteiger partial charge in [0, 0.05) is 22.3 Å². The largest absolute Gasteiger partial charge is 0.497 e. The van der Waals surface area contributed by atoms with Gasteiger partial charge >= 0.3 is 0 Å². The molecular weight excluding hydrogens is 573 g/mol.